The Morgan fingerprint density at radius 1 is 1.22 bits per heavy atom. The minimum Gasteiger partial charge on any atom is -0.482 e. The van der Waals surface area contributed by atoms with E-state index in [0.29, 0.717) is 21.4 Å². The SMILES string of the molecule is O=C(COc1ccc(Cl)cc1Cl)NNC=C1C=CC=CC1=O.[Cu]. The Kier molecular flexibility index (Phi) is 7.92. The molecule has 1 amide bonds. The molecule has 0 heterocycles. The monoisotopic (exact) mass is 401 g/mol. The number of carbonyl (C=O) groups excluding carboxylic acids is 2. The van der Waals surface area contributed by atoms with Crippen molar-refractivity contribution in [3.63, 3.8) is 0 Å². The van der Waals surface area contributed by atoms with Crippen LogP contribution in [-0.4, -0.2) is 18.3 Å². The zero-order valence-corrected chi connectivity index (χ0v) is 14.1. The second-order valence-electron chi connectivity index (χ2n) is 4.24. The van der Waals surface area contributed by atoms with Gasteiger partial charge in [-0.05, 0) is 30.4 Å². The first kappa shape index (κ1) is 19.3. The molecule has 0 aliphatic heterocycles. The van der Waals surface area contributed by atoms with Gasteiger partial charge in [0.15, 0.2) is 12.4 Å². The Balaban J connectivity index is 0.00000264. The molecule has 0 unspecified atom stereocenters. The van der Waals surface area contributed by atoms with E-state index in [1.54, 1.807) is 30.4 Å². The summed E-state index contributed by atoms with van der Waals surface area (Å²) in [6.07, 6.45) is 7.83. The smallest absolute Gasteiger partial charge is 0.276 e. The quantitative estimate of drug-likeness (QED) is 0.451. The van der Waals surface area contributed by atoms with E-state index in [0.717, 1.165) is 0 Å². The molecule has 1 aromatic rings. The summed E-state index contributed by atoms with van der Waals surface area (Å²) in [4.78, 5) is 23.0. The van der Waals surface area contributed by atoms with Gasteiger partial charge in [0.1, 0.15) is 5.75 Å². The van der Waals surface area contributed by atoms with Crippen LogP contribution in [-0.2, 0) is 26.7 Å². The number of nitrogens with one attached hydrogen (secondary N) is 2. The fourth-order valence-corrected chi connectivity index (χ4v) is 2.03. The van der Waals surface area contributed by atoms with E-state index < -0.39 is 5.91 Å². The van der Waals surface area contributed by atoms with E-state index in [1.807, 2.05) is 0 Å². The Morgan fingerprint density at radius 2 is 1.96 bits per heavy atom. The van der Waals surface area contributed by atoms with Crippen molar-refractivity contribution in [2.75, 3.05) is 6.61 Å². The summed E-state index contributed by atoms with van der Waals surface area (Å²) in [5.74, 6) is -0.214. The van der Waals surface area contributed by atoms with Crippen molar-refractivity contribution in [2.24, 2.45) is 0 Å². The topological polar surface area (TPSA) is 67.4 Å². The van der Waals surface area contributed by atoms with Crippen LogP contribution in [0.3, 0.4) is 0 Å². The van der Waals surface area contributed by atoms with Gasteiger partial charge in [-0.2, -0.15) is 0 Å². The van der Waals surface area contributed by atoms with Crippen molar-refractivity contribution in [1.82, 2.24) is 10.9 Å². The average Bonchev–Trinajstić information content (AvgIpc) is 2.48. The second-order valence-corrected chi connectivity index (χ2v) is 5.08. The molecule has 125 valence electrons. The zero-order valence-electron chi connectivity index (χ0n) is 11.6. The van der Waals surface area contributed by atoms with Crippen LogP contribution in [0.15, 0.2) is 54.3 Å². The predicted molar refractivity (Wildman–Crippen MR) is 84.6 cm³/mol. The first-order valence-electron chi connectivity index (χ1n) is 6.28. The predicted octanol–water partition coefficient (Wildman–Crippen LogP) is 2.57. The van der Waals surface area contributed by atoms with Crippen LogP contribution in [0.4, 0.5) is 0 Å². The Morgan fingerprint density at radius 3 is 2.65 bits per heavy atom. The number of carbonyl (C=O) groups is 2. The largest absolute Gasteiger partial charge is 0.482 e. The van der Waals surface area contributed by atoms with E-state index in [1.165, 1.54) is 18.3 Å². The Bertz CT molecular complexity index is 687. The van der Waals surface area contributed by atoms with Crippen LogP contribution in [0, 0.1) is 0 Å². The van der Waals surface area contributed by atoms with Crippen molar-refractivity contribution < 1.29 is 31.4 Å². The number of benzene rings is 1. The number of ketones is 1. The van der Waals surface area contributed by atoms with Gasteiger partial charge in [0.2, 0.25) is 0 Å². The minimum atomic E-state index is -0.425. The van der Waals surface area contributed by atoms with E-state index in [2.05, 4.69) is 10.9 Å². The standard InChI is InChI=1S/C15H12Cl2N2O3.Cu/c16-11-5-6-14(12(17)7-11)22-9-15(21)19-18-8-10-3-1-2-4-13(10)20;/h1-8,18H,9H2,(H,19,21);. The van der Waals surface area contributed by atoms with Gasteiger partial charge < -0.3 is 10.2 Å². The van der Waals surface area contributed by atoms with Gasteiger partial charge in [-0.1, -0.05) is 35.4 Å². The molecule has 2 N–H and O–H groups in total. The van der Waals surface area contributed by atoms with Gasteiger partial charge >= 0.3 is 0 Å². The zero-order chi connectivity index (χ0) is 15.9. The fourth-order valence-electron chi connectivity index (χ4n) is 1.57. The molecule has 0 aromatic heterocycles. The number of amides is 1. The summed E-state index contributed by atoms with van der Waals surface area (Å²) in [7, 11) is 0. The van der Waals surface area contributed by atoms with Crippen LogP contribution in [0.2, 0.25) is 10.0 Å². The van der Waals surface area contributed by atoms with Crippen LogP contribution in [0.5, 0.6) is 5.75 Å². The van der Waals surface area contributed by atoms with Crippen molar-refractivity contribution >= 4 is 34.9 Å². The summed E-state index contributed by atoms with van der Waals surface area (Å²) >= 11 is 11.7. The number of allylic oxidation sites excluding steroid dienone is 5. The maximum absolute atomic E-state index is 11.6. The summed E-state index contributed by atoms with van der Waals surface area (Å²) in [5, 5.41) is 0.800. The number of hydrogen-bond acceptors (Lipinski definition) is 4. The van der Waals surface area contributed by atoms with Crippen LogP contribution >= 0.6 is 23.2 Å². The van der Waals surface area contributed by atoms with Crippen molar-refractivity contribution in [3.05, 3.63) is 64.3 Å². The number of rotatable bonds is 5. The van der Waals surface area contributed by atoms with Gasteiger partial charge in [0.05, 0.1) is 5.02 Å². The Labute approximate surface area is 153 Å². The van der Waals surface area contributed by atoms with Gasteiger partial charge in [0.25, 0.3) is 5.91 Å². The molecule has 0 fully saturated rings. The molecule has 0 atom stereocenters. The third kappa shape index (κ3) is 6.12. The first-order chi connectivity index (χ1) is 10.6. The first-order valence-corrected chi connectivity index (χ1v) is 7.03. The maximum atomic E-state index is 11.6. The molecule has 0 spiro atoms. The van der Waals surface area contributed by atoms with Gasteiger partial charge in [-0.25, -0.2) is 0 Å². The molecular weight excluding hydrogens is 391 g/mol. The van der Waals surface area contributed by atoms with Gasteiger partial charge in [0, 0.05) is 33.9 Å². The van der Waals surface area contributed by atoms with Crippen LogP contribution in [0.1, 0.15) is 0 Å². The number of hydrazine groups is 1. The van der Waals surface area contributed by atoms with Gasteiger partial charge in [-0.15, -0.1) is 0 Å². The van der Waals surface area contributed by atoms with E-state index in [9.17, 15) is 9.59 Å². The summed E-state index contributed by atoms with van der Waals surface area (Å²) in [6.45, 7) is -0.235. The summed E-state index contributed by atoms with van der Waals surface area (Å²) < 4.78 is 5.26. The van der Waals surface area contributed by atoms with Crippen molar-refractivity contribution in [2.45, 2.75) is 0 Å². The van der Waals surface area contributed by atoms with Crippen LogP contribution < -0.4 is 15.6 Å². The number of ether oxygens (including phenoxy) is 1. The molecule has 1 aliphatic rings. The molecule has 0 bridgehead atoms. The van der Waals surface area contributed by atoms with E-state index >= 15 is 0 Å². The number of halogens is 2. The second kappa shape index (κ2) is 9.43. The van der Waals surface area contributed by atoms with Crippen molar-refractivity contribution in [3.8, 4) is 5.75 Å². The molecule has 1 aliphatic carbocycles. The normalized spacial score (nSPS) is 14.3. The van der Waals surface area contributed by atoms with Crippen LogP contribution in [0.25, 0.3) is 0 Å². The van der Waals surface area contributed by atoms with Crippen molar-refractivity contribution in [1.29, 1.82) is 0 Å². The molecule has 0 saturated carbocycles. The summed E-state index contributed by atoms with van der Waals surface area (Å²) in [6, 6.07) is 4.70. The molecule has 5 nitrogen and oxygen atoms in total. The van der Waals surface area contributed by atoms with Gasteiger partial charge in [-0.3, -0.25) is 15.0 Å². The molecule has 23 heavy (non-hydrogen) atoms. The molecular formula is C15H12Cl2CuN2O3. The average molecular weight is 403 g/mol. The van der Waals surface area contributed by atoms with E-state index in [-0.39, 0.29) is 29.5 Å². The number of hydrogen-bond donors (Lipinski definition) is 2. The minimum absolute atomic E-state index is 0. The Hall–Kier alpha value is -1.72. The maximum Gasteiger partial charge on any atom is 0.276 e. The summed E-state index contributed by atoms with van der Waals surface area (Å²) in [5.41, 5.74) is 5.36. The third-order valence-corrected chi connectivity index (χ3v) is 3.14. The molecule has 2 rings (SSSR count). The molecule has 8 heteroatoms. The molecule has 1 radical (unpaired) electrons. The third-order valence-electron chi connectivity index (χ3n) is 2.61. The molecule has 1 aromatic carbocycles. The van der Waals surface area contributed by atoms with E-state index in [4.69, 9.17) is 27.9 Å². The fraction of sp³-hybridized carbons (Fsp3) is 0.0667. The molecule has 0 saturated heterocycles.